The van der Waals surface area contributed by atoms with Crippen molar-refractivity contribution in [1.29, 1.82) is 0 Å². The Kier molecular flexibility index (Phi) is 31.0. The van der Waals surface area contributed by atoms with Gasteiger partial charge in [-0.1, -0.05) is 104 Å². The zero-order valence-corrected chi connectivity index (χ0v) is 29.6. The van der Waals surface area contributed by atoms with Crippen molar-refractivity contribution in [3.8, 4) is 0 Å². The first-order valence-corrected chi connectivity index (χ1v) is 20.3. The second-order valence-electron chi connectivity index (χ2n) is 11.8. The Labute approximate surface area is 262 Å². The van der Waals surface area contributed by atoms with E-state index in [4.69, 9.17) is 18.9 Å². The fourth-order valence-electron chi connectivity index (χ4n) is 5.29. The molecule has 0 spiro atoms. The van der Waals surface area contributed by atoms with Gasteiger partial charge in [-0.05, 0) is 0 Å². The van der Waals surface area contributed by atoms with E-state index >= 15 is 0 Å². The standard InChI is InChI=1S/C36H70O4Se/c1-3-5-7-9-11-13-15-17-19-21-25-37-29-31-39-27-23-35-33-41-34-36(35)24-28-40-32-30-38-26-22-20-18-16-14-12-10-8-6-4-2/h33-34H,3-32,41H2,1-2H3. The second-order valence-corrected chi connectivity index (χ2v) is 13.7. The molecule has 1 aliphatic rings. The van der Waals surface area contributed by atoms with Gasteiger partial charge >= 0.3 is 159 Å². The molecular weight excluding hydrogens is 575 g/mol. The first-order chi connectivity index (χ1) is 20.4. The van der Waals surface area contributed by atoms with Crippen molar-refractivity contribution in [1.82, 2.24) is 0 Å². The molecule has 5 heteroatoms. The van der Waals surface area contributed by atoms with Crippen molar-refractivity contribution in [3.05, 3.63) is 21.1 Å². The van der Waals surface area contributed by atoms with E-state index in [2.05, 4.69) is 23.8 Å². The number of hydrogen-bond donors (Lipinski definition) is 0. The monoisotopic (exact) mass is 646 g/mol. The average Bonchev–Trinajstić information content (AvgIpc) is 3.43. The number of ether oxygens (including phenoxy) is 4. The maximum absolute atomic E-state index is 5.85. The smallest absolute Gasteiger partial charge is 0.0654 e. The van der Waals surface area contributed by atoms with Gasteiger partial charge in [0.05, 0.1) is 0 Å². The van der Waals surface area contributed by atoms with Gasteiger partial charge < -0.3 is 0 Å². The summed E-state index contributed by atoms with van der Waals surface area (Å²) >= 11 is -0.0482. The summed E-state index contributed by atoms with van der Waals surface area (Å²) in [6.45, 7) is 10.8. The predicted molar refractivity (Wildman–Crippen MR) is 181 cm³/mol. The summed E-state index contributed by atoms with van der Waals surface area (Å²) in [5, 5.41) is 0. The van der Waals surface area contributed by atoms with E-state index in [1.165, 1.54) is 140 Å². The molecule has 0 atom stereocenters. The van der Waals surface area contributed by atoms with E-state index in [0.29, 0.717) is 13.2 Å². The summed E-state index contributed by atoms with van der Waals surface area (Å²) < 4.78 is 23.2. The van der Waals surface area contributed by atoms with Crippen LogP contribution in [0.4, 0.5) is 0 Å². The van der Waals surface area contributed by atoms with E-state index in [-0.39, 0.29) is 15.0 Å². The van der Waals surface area contributed by atoms with Crippen LogP contribution in [0.15, 0.2) is 21.1 Å². The van der Waals surface area contributed by atoms with E-state index in [0.717, 1.165) is 52.5 Å². The molecule has 0 radical (unpaired) electrons. The third-order valence-corrected chi connectivity index (χ3v) is 10.1. The zero-order chi connectivity index (χ0) is 29.3. The number of unbranched alkanes of at least 4 members (excludes halogenated alkanes) is 18. The van der Waals surface area contributed by atoms with Crippen LogP contribution in [-0.2, 0) is 18.9 Å². The van der Waals surface area contributed by atoms with Gasteiger partial charge in [0.15, 0.2) is 0 Å². The van der Waals surface area contributed by atoms with Crippen LogP contribution in [0.25, 0.3) is 0 Å². The summed E-state index contributed by atoms with van der Waals surface area (Å²) in [5.41, 5.74) is 2.99. The van der Waals surface area contributed by atoms with Crippen molar-refractivity contribution in [2.24, 2.45) is 0 Å². The second kappa shape index (κ2) is 32.7. The van der Waals surface area contributed by atoms with Gasteiger partial charge in [-0.2, -0.15) is 0 Å². The van der Waals surface area contributed by atoms with E-state index < -0.39 is 0 Å². The van der Waals surface area contributed by atoms with Crippen molar-refractivity contribution < 1.29 is 18.9 Å². The Morgan fingerprint density at radius 2 is 0.659 bits per heavy atom. The summed E-state index contributed by atoms with van der Waals surface area (Å²) in [5.74, 6) is 0. The van der Waals surface area contributed by atoms with Crippen LogP contribution in [0.2, 0.25) is 0 Å². The molecule has 0 aliphatic carbocycles. The molecule has 1 heterocycles. The van der Waals surface area contributed by atoms with Crippen molar-refractivity contribution in [2.45, 2.75) is 155 Å². The van der Waals surface area contributed by atoms with Gasteiger partial charge in [0.2, 0.25) is 0 Å². The Balaban J connectivity index is 1.80. The summed E-state index contributed by atoms with van der Waals surface area (Å²) in [4.78, 5) is 4.94. The number of hydrogen-bond acceptors (Lipinski definition) is 4. The minimum atomic E-state index is -0.0482. The molecule has 0 aromatic carbocycles. The van der Waals surface area contributed by atoms with Crippen LogP contribution >= 0.6 is 0 Å². The molecule has 0 unspecified atom stereocenters. The molecule has 0 fully saturated rings. The molecule has 1 rings (SSSR count). The summed E-state index contributed by atoms with van der Waals surface area (Å²) in [6.07, 6.45) is 29.4. The maximum atomic E-state index is 5.85. The van der Waals surface area contributed by atoms with Crippen LogP contribution in [0.3, 0.4) is 0 Å². The summed E-state index contributed by atoms with van der Waals surface area (Å²) in [6, 6.07) is 0. The fraction of sp³-hybridized carbons (Fsp3) is 0.889. The minimum Gasteiger partial charge on any atom is -0.0654 e. The molecule has 0 amide bonds. The zero-order valence-electron chi connectivity index (χ0n) is 27.5. The SMILES string of the molecule is CCCCCCCCCCCCOCCOCCC1=C[SeH2]C=C1CCOCCOCCCCCCCCCCCC. The van der Waals surface area contributed by atoms with Gasteiger partial charge in [0.25, 0.3) is 0 Å². The molecule has 0 N–H and O–H groups in total. The minimum absolute atomic E-state index is 0.0482. The van der Waals surface area contributed by atoms with Gasteiger partial charge in [-0.3, -0.25) is 0 Å². The Hall–Kier alpha value is -0.161. The van der Waals surface area contributed by atoms with Crippen LogP contribution < -0.4 is 0 Å². The molecular formula is C36H70O4Se. The van der Waals surface area contributed by atoms with E-state index in [1.807, 2.05) is 0 Å². The average molecular weight is 646 g/mol. The third kappa shape index (κ3) is 27.1. The van der Waals surface area contributed by atoms with Crippen molar-refractivity contribution >= 4 is 15.0 Å². The van der Waals surface area contributed by atoms with Gasteiger partial charge in [-0.15, -0.1) is 0 Å². The Morgan fingerprint density at radius 1 is 0.366 bits per heavy atom. The first-order valence-electron chi connectivity index (χ1n) is 17.8. The molecule has 0 saturated heterocycles. The predicted octanol–water partition coefficient (Wildman–Crippen LogP) is 9.63. The quantitative estimate of drug-likeness (QED) is 0.0516. The molecule has 4 nitrogen and oxygen atoms in total. The molecule has 1 aliphatic heterocycles. The van der Waals surface area contributed by atoms with E-state index in [1.54, 1.807) is 0 Å². The topological polar surface area (TPSA) is 36.9 Å². The van der Waals surface area contributed by atoms with Crippen LogP contribution in [-0.4, -0.2) is 67.8 Å². The van der Waals surface area contributed by atoms with E-state index in [9.17, 15) is 0 Å². The normalized spacial score (nSPS) is 13.4. The van der Waals surface area contributed by atoms with Crippen molar-refractivity contribution in [3.63, 3.8) is 0 Å². The molecule has 0 aromatic rings. The van der Waals surface area contributed by atoms with Gasteiger partial charge in [0.1, 0.15) is 0 Å². The first kappa shape index (κ1) is 38.9. The third-order valence-electron chi connectivity index (χ3n) is 7.99. The van der Waals surface area contributed by atoms with Gasteiger partial charge in [-0.25, -0.2) is 0 Å². The van der Waals surface area contributed by atoms with Crippen molar-refractivity contribution in [2.75, 3.05) is 52.9 Å². The molecule has 41 heavy (non-hydrogen) atoms. The molecule has 0 aromatic heterocycles. The van der Waals surface area contributed by atoms with Crippen LogP contribution in [0, 0.1) is 0 Å². The number of rotatable bonds is 34. The molecule has 0 saturated carbocycles. The Bertz CT molecular complexity index is 542. The summed E-state index contributed by atoms with van der Waals surface area (Å²) in [7, 11) is 0. The molecule has 244 valence electrons. The van der Waals surface area contributed by atoms with Gasteiger partial charge in [0, 0.05) is 0 Å². The molecule has 0 bridgehead atoms. The fourth-order valence-corrected chi connectivity index (χ4v) is 7.69. The Morgan fingerprint density at radius 3 is 1.00 bits per heavy atom. The van der Waals surface area contributed by atoms with Crippen LogP contribution in [0.5, 0.6) is 0 Å². The van der Waals surface area contributed by atoms with Crippen LogP contribution in [0.1, 0.15) is 155 Å².